The van der Waals surface area contributed by atoms with E-state index >= 15 is 0 Å². The summed E-state index contributed by atoms with van der Waals surface area (Å²) >= 11 is 6.15. The normalized spacial score (nSPS) is 11.0. The largest absolute Gasteiger partial charge is 0.475 e. The predicted octanol–water partition coefficient (Wildman–Crippen LogP) is 3.11. The topological polar surface area (TPSA) is 96.8 Å². The molecule has 0 spiro atoms. The van der Waals surface area contributed by atoms with Gasteiger partial charge in [-0.05, 0) is 12.1 Å². The van der Waals surface area contributed by atoms with Crippen LogP contribution in [0, 0.1) is 0 Å². The molecular formula is C18H14ClN5O2. The average molecular weight is 368 g/mol. The van der Waals surface area contributed by atoms with Crippen LogP contribution >= 0.6 is 11.6 Å². The van der Waals surface area contributed by atoms with E-state index in [-0.39, 0.29) is 13.2 Å². The van der Waals surface area contributed by atoms with Crippen LogP contribution in [0.25, 0.3) is 33.4 Å². The Bertz CT molecular complexity index is 1030. The van der Waals surface area contributed by atoms with Crippen molar-refractivity contribution in [2.75, 3.05) is 13.2 Å². The number of nitrogens with zero attached hydrogens (tertiary/aromatic N) is 4. The molecule has 4 aromatic heterocycles. The first kappa shape index (κ1) is 16.4. The third kappa shape index (κ3) is 3.10. The number of aliphatic hydroxyl groups excluding tert-OH is 1. The van der Waals surface area contributed by atoms with E-state index in [1.54, 1.807) is 30.9 Å². The molecule has 0 atom stereocenters. The van der Waals surface area contributed by atoms with E-state index in [4.69, 9.17) is 21.4 Å². The molecule has 0 aliphatic carbocycles. The number of halogens is 1. The van der Waals surface area contributed by atoms with E-state index in [0.29, 0.717) is 16.5 Å². The van der Waals surface area contributed by atoms with Crippen molar-refractivity contribution in [3.8, 4) is 28.3 Å². The smallest absolute Gasteiger partial charge is 0.213 e. The van der Waals surface area contributed by atoms with Crippen LogP contribution in [0.5, 0.6) is 5.88 Å². The number of pyridine rings is 2. The van der Waals surface area contributed by atoms with Gasteiger partial charge in [0.05, 0.1) is 17.3 Å². The van der Waals surface area contributed by atoms with Crippen LogP contribution < -0.4 is 4.74 Å². The minimum absolute atomic E-state index is 0.0595. The summed E-state index contributed by atoms with van der Waals surface area (Å²) in [6.07, 6.45) is 8.27. The zero-order valence-corrected chi connectivity index (χ0v) is 14.3. The van der Waals surface area contributed by atoms with Crippen LogP contribution in [-0.4, -0.2) is 43.2 Å². The van der Waals surface area contributed by atoms with Crippen LogP contribution in [0.15, 0.2) is 49.3 Å². The van der Waals surface area contributed by atoms with Crippen LogP contribution in [0.1, 0.15) is 0 Å². The quantitative estimate of drug-likeness (QED) is 0.562. The van der Waals surface area contributed by atoms with Crippen LogP contribution in [0.4, 0.5) is 0 Å². The Morgan fingerprint density at radius 2 is 1.88 bits per heavy atom. The Balaban J connectivity index is 1.87. The summed E-state index contributed by atoms with van der Waals surface area (Å²) in [4.78, 5) is 20.2. The molecule has 0 fully saturated rings. The van der Waals surface area contributed by atoms with Gasteiger partial charge in [0, 0.05) is 52.9 Å². The van der Waals surface area contributed by atoms with Crippen LogP contribution in [0.2, 0.25) is 5.02 Å². The number of hydrogen-bond donors (Lipinski definition) is 2. The summed E-state index contributed by atoms with van der Waals surface area (Å²) in [7, 11) is 0. The van der Waals surface area contributed by atoms with Crippen molar-refractivity contribution < 1.29 is 9.84 Å². The molecule has 0 aromatic carbocycles. The lowest BCUT2D eigenvalue weighted by Gasteiger charge is -2.06. The zero-order chi connectivity index (χ0) is 17.9. The summed E-state index contributed by atoms with van der Waals surface area (Å²) in [5.74, 6) is 0.449. The predicted molar refractivity (Wildman–Crippen MR) is 97.9 cm³/mol. The fourth-order valence-electron chi connectivity index (χ4n) is 2.75. The monoisotopic (exact) mass is 367 g/mol. The van der Waals surface area contributed by atoms with Gasteiger partial charge in [-0.15, -0.1) is 0 Å². The number of rotatable bonds is 5. The molecule has 26 heavy (non-hydrogen) atoms. The molecule has 0 aliphatic heterocycles. The number of aliphatic hydroxyl groups is 1. The number of nitrogens with one attached hydrogen (secondary N) is 1. The summed E-state index contributed by atoms with van der Waals surface area (Å²) in [6.45, 7) is 0.143. The Morgan fingerprint density at radius 3 is 2.62 bits per heavy atom. The van der Waals surface area contributed by atoms with Gasteiger partial charge < -0.3 is 14.8 Å². The highest BCUT2D eigenvalue weighted by Gasteiger charge is 2.17. The summed E-state index contributed by atoms with van der Waals surface area (Å²) in [5, 5.41) is 10.3. The third-order valence-electron chi connectivity index (χ3n) is 3.83. The van der Waals surface area contributed by atoms with Crippen molar-refractivity contribution in [3.63, 3.8) is 0 Å². The second-order valence-electron chi connectivity index (χ2n) is 5.51. The minimum Gasteiger partial charge on any atom is -0.475 e. The Labute approximate surface area is 153 Å². The van der Waals surface area contributed by atoms with Gasteiger partial charge in [0.2, 0.25) is 5.88 Å². The van der Waals surface area contributed by atoms with Gasteiger partial charge in [-0.2, -0.15) is 0 Å². The van der Waals surface area contributed by atoms with Crippen LogP contribution in [-0.2, 0) is 0 Å². The minimum atomic E-state index is -0.0595. The molecule has 4 aromatic rings. The summed E-state index contributed by atoms with van der Waals surface area (Å²) < 4.78 is 5.31. The maximum atomic E-state index is 8.84. The number of fused-ring (bicyclic) bond motifs is 1. The van der Waals surface area contributed by atoms with Gasteiger partial charge in [-0.3, -0.25) is 0 Å². The lowest BCUT2D eigenvalue weighted by Crippen LogP contribution is -2.02. The molecule has 0 bridgehead atoms. The maximum Gasteiger partial charge on any atom is 0.213 e. The molecule has 0 saturated heterocycles. The van der Waals surface area contributed by atoms with Crippen molar-refractivity contribution in [1.29, 1.82) is 0 Å². The molecule has 4 rings (SSSR count). The van der Waals surface area contributed by atoms with Gasteiger partial charge in [-0.1, -0.05) is 11.6 Å². The molecule has 0 amide bonds. The van der Waals surface area contributed by atoms with Gasteiger partial charge in [0.15, 0.2) is 0 Å². The number of H-pyrrole nitrogens is 1. The number of aromatic amines is 1. The first-order chi connectivity index (χ1) is 12.8. The number of aromatic nitrogens is 5. The molecule has 0 aliphatic rings. The second kappa shape index (κ2) is 7.07. The maximum absolute atomic E-state index is 8.84. The van der Waals surface area contributed by atoms with Crippen molar-refractivity contribution >= 4 is 22.6 Å². The number of ether oxygens (including phenoxy) is 1. The second-order valence-corrected chi connectivity index (χ2v) is 5.95. The molecule has 2 N–H and O–H groups in total. The van der Waals surface area contributed by atoms with Gasteiger partial charge in [-0.25, -0.2) is 19.9 Å². The van der Waals surface area contributed by atoms with Crippen molar-refractivity contribution in [2.45, 2.75) is 0 Å². The molecule has 130 valence electrons. The lowest BCUT2D eigenvalue weighted by molar-refractivity contribution is 0.196. The highest BCUT2D eigenvalue weighted by molar-refractivity contribution is 6.31. The van der Waals surface area contributed by atoms with E-state index in [2.05, 4.69) is 24.9 Å². The van der Waals surface area contributed by atoms with Gasteiger partial charge in [0.1, 0.15) is 18.6 Å². The van der Waals surface area contributed by atoms with E-state index in [9.17, 15) is 0 Å². The van der Waals surface area contributed by atoms with E-state index < -0.39 is 0 Å². The molecule has 0 unspecified atom stereocenters. The highest BCUT2D eigenvalue weighted by atomic mass is 35.5. The van der Waals surface area contributed by atoms with Gasteiger partial charge in [0.25, 0.3) is 0 Å². The lowest BCUT2D eigenvalue weighted by atomic mass is 10.0. The van der Waals surface area contributed by atoms with Crippen molar-refractivity contribution in [3.05, 3.63) is 54.3 Å². The molecule has 0 saturated carbocycles. The van der Waals surface area contributed by atoms with E-state index in [1.165, 1.54) is 6.33 Å². The fraction of sp³-hybridized carbons (Fsp3) is 0.111. The molecule has 8 heteroatoms. The average Bonchev–Trinajstić information content (AvgIpc) is 3.06. The summed E-state index contributed by atoms with van der Waals surface area (Å²) in [6, 6.07) is 5.50. The van der Waals surface area contributed by atoms with Crippen molar-refractivity contribution in [1.82, 2.24) is 24.9 Å². The highest BCUT2D eigenvalue weighted by Crippen LogP contribution is 2.37. The summed E-state index contributed by atoms with van der Waals surface area (Å²) in [5.41, 5.74) is 4.16. The molecular weight excluding hydrogens is 354 g/mol. The first-order valence-electron chi connectivity index (χ1n) is 7.89. The Morgan fingerprint density at radius 1 is 1.04 bits per heavy atom. The van der Waals surface area contributed by atoms with Gasteiger partial charge >= 0.3 is 0 Å². The number of hydrogen-bond acceptors (Lipinski definition) is 6. The first-order valence-corrected chi connectivity index (χ1v) is 8.27. The van der Waals surface area contributed by atoms with Crippen molar-refractivity contribution in [2.24, 2.45) is 0 Å². The SMILES string of the molecule is OCCOc1ccc(-c2[nH]c3ncc(Cl)cc3c2-c2cncnc2)cn1. The Hall–Kier alpha value is -3.03. The zero-order valence-electron chi connectivity index (χ0n) is 13.6. The Kier molecular flexibility index (Phi) is 4.47. The standard InChI is InChI=1S/C18H14ClN5O2/c19-13-5-14-16(12-6-20-10-21-7-12)17(24-18(14)23-9-13)11-1-2-15(22-8-11)26-4-3-25/h1-2,5-10,25H,3-4H2,(H,23,24). The third-order valence-corrected chi connectivity index (χ3v) is 4.04. The fourth-order valence-corrected chi connectivity index (χ4v) is 2.91. The van der Waals surface area contributed by atoms with E-state index in [0.717, 1.165) is 27.8 Å². The molecule has 4 heterocycles. The van der Waals surface area contributed by atoms with Crippen LogP contribution in [0.3, 0.4) is 0 Å². The van der Waals surface area contributed by atoms with E-state index in [1.807, 2.05) is 12.1 Å². The molecule has 7 nitrogen and oxygen atoms in total. The molecule has 0 radical (unpaired) electrons.